The van der Waals surface area contributed by atoms with Gasteiger partial charge in [0, 0.05) is 12.6 Å². The summed E-state index contributed by atoms with van der Waals surface area (Å²) in [4.78, 5) is 14.6. The number of nitrogens with one attached hydrogen (secondary N) is 1. The molecule has 0 saturated heterocycles. The van der Waals surface area contributed by atoms with E-state index in [0.717, 1.165) is 29.9 Å². The molecular weight excluding hydrogens is 356 g/mol. The first-order chi connectivity index (χ1) is 13.5. The molecule has 0 saturated carbocycles. The Bertz CT molecular complexity index is 757. The molecule has 1 atom stereocenters. The largest absolute Gasteiger partial charge is 0.493 e. The number of hydrogen-bond donors (Lipinski definition) is 1. The lowest BCUT2D eigenvalue weighted by Crippen LogP contribution is -2.41. The number of ether oxygens (including phenoxy) is 2. The van der Waals surface area contributed by atoms with Crippen LogP contribution in [0, 0.1) is 6.92 Å². The quantitative estimate of drug-likeness (QED) is 0.638. The van der Waals surface area contributed by atoms with Crippen LogP contribution in [-0.2, 0) is 17.8 Å². The van der Waals surface area contributed by atoms with Gasteiger partial charge in [0.1, 0.15) is 11.5 Å². The van der Waals surface area contributed by atoms with E-state index in [1.54, 1.807) is 14.2 Å². The van der Waals surface area contributed by atoms with E-state index in [1.165, 1.54) is 0 Å². The van der Waals surface area contributed by atoms with Gasteiger partial charge in [-0.15, -0.1) is 0 Å². The number of nitrogens with zero attached hydrogens (tertiary/aromatic N) is 1. The third kappa shape index (κ3) is 6.30. The van der Waals surface area contributed by atoms with Gasteiger partial charge in [-0.3, -0.25) is 4.79 Å². The summed E-state index contributed by atoms with van der Waals surface area (Å²) < 4.78 is 16.3. The number of benzene rings is 1. The van der Waals surface area contributed by atoms with Gasteiger partial charge in [0.05, 0.1) is 27.3 Å². The fraction of sp³-hybridized carbons (Fsp3) is 0.500. The molecule has 0 aliphatic carbocycles. The molecule has 1 heterocycles. The zero-order valence-electron chi connectivity index (χ0n) is 17.6. The van der Waals surface area contributed by atoms with E-state index in [0.29, 0.717) is 37.2 Å². The number of rotatable bonds is 11. The molecular formula is C22H32N2O4. The second kappa shape index (κ2) is 10.8. The van der Waals surface area contributed by atoms with Gasteiger partial charge >= 0.3 is 0 Å². The highest BCUT2D eigenvalue weighted by Gasteiger charge is 2.17. The molecule has 0 radical (unpaired) electrons. The number of carbonyl (C=O) groups excluding carboxylic acids is 1. The Balaban J connectivity index is 2.06. The third-order valence-electron chi connectivity index (χ3n) is 4.83. The normalized spacial score (nSPS) is 11.9. The molecule has 0 aliphatic heterocycles. The van der Waals surface area contributed by atoms with Gasteiger partial charge in [-0.1, -0.05) is 13.0 Å². The minimum Gasteiger partial charge on any atom is -0.493 e. The van der Waals surface area contributed by atoms with Crippen LogP contribution in [0.4, 0.5) is 0 Å². The highest BCUT2D eigenvalue weighted by molar-refractivity contribution is 5.78. The molecule has 1 N–H and O–H groups in total. The van der Waals surface area contributed by atoms with Gasteiger partial charge in [-0.25, -0.2) is 0 Å². The van der Waals surface area contributed by atoms with Crippen molar-refractivity contribution in [2.24, 2.45) is 0 Å². The third-order valence-corrected chi connectivity index (χ3v) is 4.83. The van der Waals surface area contributed by atoms with E-state index < -0.39 is 0 Å². The Morgan fingerprint density at radius 2 is 1.93 bits per heavy atom. The predicted octanol–water partition coefficient (Wildman–Crippen LogP) is 3.56. The van der Waals surface area contributed by atoms with Crippen LogP contribution in [-0.4, -0.2) is 44.2 Å². The number of methoxy groups -OCH3 is 2. The maximum Gasteiger partial charge on any atom is 0.236 e. The summed E-state index contributed by atoms with van der Waals surface area (Å²) in [6.45, 7) is 7.46. The van der Waals surface area contributed by atoms with Crippen LogP contribution in [0.25, 0.3) is 0 Å². The van der Waals surface area contributed by atoms with E-state index in [9.17, 15) is 4.79 Å². The SMILES string of the molecule is CC[C@H](C)NCC(=O)N(CCc1ccc(OC)c(OC)c1)Cc1ccc(C)o1. The van der Waals surface area contributed by atoms with Gasteiger partial charge < -0.3 is 24.1 Å². The molecule has 1 aromatic carbocycles. The van der Waals surface area contributed by atoms with Crippen LogP contribution in [0.15, 0.2) is 34.7 Å². The van der Waals surface area contributed by atoms with Gasteiger partial charge in [-0.2, -0.15) is 0 Å². The van der Waals surface area contributed by atoms with Crippen molar-refractivity contribution in [3.05, 3.63) is 47.4 Å². The summed E-state index contributed by atoms with van der Waals surface area (Å²) in [5.41, 5.74) is 1.08. The molecule has 154 valence electrons. The highest BCUT2D eigenvalue weighted by atomic mass is 16.5. The Labute approximate surface area is 167 Å². The molecule has 6 heteroatoms. The monoisotopic (exact) mass is 388 g/mol. The lowest BCUT2D eigenvalue weighted by atomic mass is 10.1. The van der Waals surface area contributed by atoms with E-state index in [-0.39, 0.29) is 5.91 Å². The van der Waals surface area contributed by atoms with E-state index in [2.05, 4.69) is 19.2 Å². The smallest absolute Gasteiger partial charge is 0.236 e. The number of carbonyl (C=O) groups is 1. The Morgan fingerprint density at radius 3 is 2.54 bits per heavy atom. The number of hydrogen-bond acceptors (Lipinski definition) is 5. The topological polar surface area (TPSA) is 63.9 Å². The average molecular weight is 389 g/mol. The van der Waals surface area contributed by atoms with Gasteiger partial charge in [0.15, 0.2) is 11.5 Å². The molecule has 28 heavy (non-hydrogen) atoms. The summed E-state index contributed by atoms with van der Waals surface area (Å²) in [5, 5.41) is 3.28. The first-order valence-electron chi connectivity index (χ1n) is 9.74. The fourth-order valence-corrected chi connectivity index (χ4v) is 2.87. The zero-order chi connectivity index (χ0) is 20.5. The number of aryl methyl sites for hydroxylation is 1. The molecule has 1 amide bonds. The Morgan fingerprint density at radius 1 is 1.18 bits per heavy atom. The van der Waals surface area contributed by atoms with Crippen molar-refractivity contribution in [1.82, 2.24) is 10.2 Å². The Kier molecular flexibility index (Phi) is 8.39. The lowest BCUT2D eigenvalue weighted by Gasteiger charge is -2.23. The lowest BCUT2D eigenvalue weighted by molar-refractivity contribution is -0.131. The maximum absolute atomic E-state index is 12.8. The molecule has 2 rings (SSSR count). The molecule has 0 bridgehead atoms. The first-order valence-corrected chi connectivity index (χ1v) is 9.74. The first kappa shape index (κ1) is 21.8. The second-order valence-corrected chi connectivity index (χ2v) is 6.96. The van der Waals surface area contributed by atoms with Gasteiger partial charge in [0.2, 0.25) is 5.91 Å². The minimum atomic E-state index is 0.0647. The summed E-state index contributed by atoms with van der Waals surface area (Å²) in [6.07, 6.45) is 1.70. The van der Waals surface area contributed by atoms with Crippen molar-refractivity contribution in [2.45, 2.75) is 46.2 Å². The van der Waals surface area contributed by atoms with Crippen LogP contribution >= 0.6 is 0 Å². The zero-order valence-corrected chi connectivity index (χ0v) is 17.6. The van der Waals surface area contributed by atoms with Crippen molar-refractivity contribution >= 4 is 5.91 Å². The van der Waals surface area contributed by atoms with Crippen LogP contribution in [0.1, 0.15) is 37.4 Å². The van der Waals surface area contributed by atoms with E-state index in [1.807, 2.05) is 42.2 Å². The highest BCUT2D eigenvalue weighted by Crippen LogP contribution is 2.27. The molecule has 6 nitrogen and oxygen atoms in total. The van der Waals surface area contributed by atoms with Crippen LogP contribution in [0.5, 0.6) is 11.5 Å². The van der Waals surface area contributed by atoms with Crippen molar-refractivity contribution in [3.8, 4) is 11.5 Å². The summed E-state index contributed by atoms with van der Waals surface area (Å²) in [5.74, 6) is 3.09. The molecule has 1 aromatic heterocycles. The Hall–Kier alpha value is -2.47. The van der Waals surface area contributed by atoms with Crippen LogP contribution < -0.4 is 14.8 Å². The maximum atomic E-state index is 12.8. The molecule has 0 spiro atoms. The van der Waals surface area contributed by atoms with Crippen molar-refractivity contribution in [1.29, 1.82) is 0 Å². The van der Waals surface area contributed by atoms with Crippen molar-refractivity contribution in [3.63, 3.8) is 0 Å². The fourth-order valence-electron chi connectivity index (χ4n) is 2.87. The van der Waals surface area contributed by atoms with Gasteiger partial charge in [-0.05, 0) is 56.5 Å². The van der Waals surface area contributed by atoms with Crippen LogP contribution in [0.2, 0.25) is 0 Å². The summed E-state index contributed by atoms with van der Waals surface area (Å²) in [7, 11) is 3.24. The summed E-state index contributed by atoms with van der Waals surface area (Å²) >= 11 is 0. The number of furan rings is 1. The van der Waals surface area contributed by atoms with Crippen molar-refractivity contribution in [2.75, 3.05) is 27.3 Å². The standard InChI is InChI=1S/C22H32N2O4/c1-6-16(2)23-14-22(25)24(15-19-9-7-17(3)28-19)12-11-18-8-10-20(26-4)21(13-18)27-5/h7-10,13,16,23H,6,11-12,14-15H2,1-5H3/t16-/m0/s1. The van der Waals surface area contributed by atoms with E-state index >= 15 is 0 Å². The average Bonchev–Trinajstić information content (AvgIpc) is 3.13. The molecule has 2 aromatic rings. The predicted molar refractivity (Wildman–Crippen MR) is 110 cm³/mol. The number of amides is 1. The second-order valence-electron chi connectivity index (χ2n) is 6.96. The summed E-state index contributed by atoms with van der Waals surface area (Å²) in [6, 6.07) is 10.00. The molecule has 0 fully saturated rings. The van der Waals surface area contributed by atoms with Crippen molar-refractivity contribution < 1.29 is 18.7 Å². The minimum absolute atomic E-state index is 0.0647. The van der Waals surface area contributed by atoms with E-state index in [4.69, 9.17) is 13.9 Å². The van der Waals surface area contributed by atoms with Crippen LogP contribution in [0.3, 0.4) is 0 Å². The molecule has 0 aliphatic rings. The van der Waals surface area contributed by atoms with Gasteiger partial charge in [0.25, 0.3) is 0 Å². The molecule has 0 unspecified atom stereocenters.